The molecule has 4 aromatic heterocycles. The lowest BCUT2D eigenvalue weighted by Gasteiger charge is -2.10. The first-order valence-corrected chi connectivity index (χ1v) is 11.0. The summed E-state index contributed by atoms with van der Waals surface area (Å²) in [5, 5.41) is 16.9. The number of H-pyrrole nitrogens is 1. The summed E-state index contributed by atoms with van der Waals surface area (Å²) in [5.74, 6) is -1.14. The number of nitrogens with zero attached hydrogens (tertiary/aromatic N) is 3. The molecule has 180 valence electrons. The van der Waals surface area contributed by atoms with Crippen LogP contribution in [0.2, 0.25) is 0 Å². The van der Waals surface area contributed by atoms with Gasteiger partial charge in [0.15, 0.2) is 5.69 Å². The summed E-state index contributed by atoms with van der Waals surface area (Å²) in [6.45, 7) is 3.13. The van der Waals surface area contributed by atoms with Crippen molar-refractivity contribution in [2.75, 3.05) is 0 Å². The van der Waals surface area contributed by atoms with Gasteiger partial charge in [0.05, 0.1) is 39.9 Å². The predicted octanol–water partition coefficient (Wildman–Crippen LogP) is 4.07. The molecule has 0 bridgehead atoms. The zero-order valence-electron chi connectivity index (χ0n) is 18.1. The van der Waals surface area contributed by atoms with Crippen molar-refractivity contribution in [1.82, 2.24) is 19.3 Å². The molecule has 0 saturated heterocycles. The Balaban J connectivity index is 1.95. The zero-order chi connectivity index (χ0) is 25.2. The number of benzene rings is 1. The van der Waals surface area contributed by atoms with Crippen LogP contribution >= 0.6 is 11.3 Å². The second-order valence-corrected chi connectivity index (χ2v) is 8.63. The quantitative estimate of drug-likeness (QED) is 0.381. The number of aryl methyl sites for hydroxylation is 2. The van der Waals surface area contributed by atoms with Gasteiger partial charge >= 0.3 is 17.8 Å². The number of aromatic carboxylic acids is 1. The van der Waals surface area contributed by atoms with E-state index < -0.39 is 40.3 Å². The van der Waals surface area contributed by atoms with E-state index in [1.165, 1.54) is 15.3 Å². The van der Waals surface area contributed by atoms with E-state index in [2.05, 4.69) is 10.1 Å². The lowest BCUT2D eigenvalue weighted by Crippen LogP contribution is -2.34. The maximum Gasteiger partial charge on any atom is 0.416 e. The molecule has 1 aromatic carbocycles. The first-order valence-electron chi connectivity index (χ1n) is 10.1. The minimum Gasteiger partial charge on any atom is -0.477 e. The Kier molecular flexibility index (Phi) is 4.98. The molecule has 0 amide bonds. The molecule has 0 aliphatic carbocycles. The third-order valence-electron chi connectivity index (χ3n) is 5.83. The lowest BCUT2D eigenvalue weighted by molar-refractivity contribution is -0.137. The minimum absolute atomic E-state index is 0.0853. The normalized spacial score (nSPS) is 12.1. The summed E-state index contributed by atoms with van der Waals surface area (Å²) in [6.07, 6.45) is -4.74. The Hall–Kier alpha value is -4.13. The smallest absolute Gasteiger partial charge is 0.416 e. The summed E-state index contributed by atoms with van der Waals surface area (Å²) in [5.41, 5.74) is -2.55. The molecule has 0 atom stereocenters. The topological polar surface area (TPSA) is 123 Å². The molecule has 0 radical (unpaired) electrons. The van der Waals surface area contributed by atoms with Crippen molar-refractivity contribution in [1.29, 1.82) is 0 Å². The number of carbonyl (C=O) groups is 1. The summed E-state index contributed by atoms with van der Waals surface area (Å²) < 4.78 is 47.7. The number of carboxylic acids is 1. The van der Waals surface area contributed by atoms with Gasteiger partial charge in [0.1, 0.15) is 5.76 Å². The van der Waals surface area contributed by atoms with E-state index in [4.69, 9.17) is 4.52 Å². The van der Waals surface area contributed by atoms with Crippen molar-refractivity contribution >= 4 is 39.1 Å². The van der Waals surface area contributed by atoms with Crippen molar-refractivity contribution < 1.29 is 27.6 Å². The number of rotatable bonds is 4. The van der Waals surface area contributed by atoms with Gasteiger partial charge in [-0.1, -0.05) is 5.16 Å². The van der Waals surface area contributed by atoms with Gasteiger partial charge in [0, 0.05) is 21.7 Å². The molecule has 35 heavy (non-hydrogen) atoms. The number of hydrogen-bond acceptors (Lipinski definition) is 6. The average molecular weight is 504 g/mol. The number of aromatic amines is 1. The van der Waals surface area contributed by atoms with Crippen molar-refractivity contribution in [3.05, 3.63) is 78.1 Å². The predicted molar refractivity (Wildman–Crippen MR) is 121 cm³/mol. The third kappa shape index (κ3) is 3.46. The van der Waals surface area contributed by atoms with Gasteiger partial charge in [0.25, 0.3) is 5.56 Å². The lowest BCUT2D eigenvalue weighted by atomic mass is 10.1. The van der Waals surface area contributed by atoms with Crippen LogP contribution in [0, 0.1) is 13.8 Å². The molecule has 13 heteroatoms. The molecule has 9 nitrogen and oxygen atoms in total. The standard InChI is InChI=1S/C22H15F3N4O5S/c1-9-13(10(2)34-27-9)6-28-16-4-3-11(22(23,24)25)5-12(16)17(18(28)20(31)32)29-19(30)14-7-35-8-15(14)26-21(29)33/h3-5,7-8H,6H2,1-2H3,(H,26,33)(H,31,32). The molecule has 0 saturated carbocycles. The molecule has 0 fully saturated rings. The van der Waals surface area contributed by atoms with Crippen molar-refractivity contribution in [3.8, 4) is 5.69 Å². The van der Waals surface area contributed by atoms with E-state index in [1.807, 2.05) is 0 Å². The molecule has 2 N–H and O–H groups in total. The number of alkyl halides is 3. The first-order chi connectivity index (χ1) is 16.5. The highest BCUT2D eigenvalue weighted by molar-refractivity contribution is 7.09. The fourth-order valence-corrected chi connectivity index (χ4v) is 4.91. The van der Waals surface area contributed by atoms with Gasteiger partial charge in [-0.25, -0.2) is 14.2 Å². The van der Waals surface area contributed by atoms with Crippen molar-refractivity contribution in [3.63, 3.8) is 0 Å². The second kappa shape index (κ2) is 7.70. The minimum atomic E-state index is -4.74. The third-order valence-corrected chi connectivity index (χ3v) is 6.57. The molecule has 4 heterocycles. The molecule has 0 aliphatic heterocycles. The van der Waals surface area contributed by atoms with E-state index in [-0.39, 0.29) is 28.4 Å². The molecule has 5 rings (SSSR count). The maximum atomic E-state index is 13.6. The number of hydrogen-bond donors (Lipinski definition) is 2. The molecule has 0 spiro atoms. The van der Waals surface area contributed by atoms with E-state index in [0.717, 1.165) is 29.5 Å². The van der Waals surface area contributed by atoms with Crippen LogP contribution in [-0.2, 0) is 12.7 Å². The Morgan fingerprint density at radius 3 is 2.57 bits per heavy atom. The monoisotopic (exact) mass is 504 g/mol. The van der Waals surface area contributed by atoms with Gasteiger partial charge in [-0.15, -0.1) is 11.3 Å². The Morgan fingerprint density at radius 2 is 1.94 bits per heavy atom. The highest BCUT2D eigenvalue weighted by Crippen LogP contribution is 2.36. The number of nitrogens with one attached hydrogen (secondary N) is 1. The number of fused-ring (bicyclic) bond motifs is 2. The SMILES string of the molecule is Cc1noc(C)c1Cn1c(C(=O)O)c(-n2c(=O)[nH]c3cscc3c2=O)c2cc(C(F)(F)F)ccc21. The van der Waals surface area contributed by atoms with Gasteiger partial charge < -0.3 is 19.2 Å². The van der Waals surface area contributed by atoms with E-state index >= 15 is 0 Å². The number of aromatic nitrogens is 4. The number of thiophene rings is 1. The van der Waals surface area contributed by atoms with Crippen molar-refractivity contribution in [2.45, 2.75) is 26.6 Å². The van der Waals surface area contributed by atoms with Crippen LogP contribution in [0.5, 0.6) is 0 Å². The largest absolute Gasteiger partial charge is 0.477 e. The molecule has 0 aliphatic rings. The fraction of sp³-hybridized carbons (Fsp3) is 0.182. The second-order valence-electron chi connectivity index (χ2n) is 7.89. The Bertz CT molecular complexity index is 1750. The molecular weight excluding hydrogens is 489 g/mol. The molecule has 0 unspecified atom stereocenters. The highest BCUT2D eigenvalue weighted by atomic mass is 32.1. The summed E-state index contributed by atoms with van der Waals surface area (Å²) in [7, 11) is 0. The Morgan fingerprint density at radius 1 is 1.20 bits per heavy atom. The van der Waals surface area contributed by atoms with Crippen LogP contribution in [0.15, 0.2) is 43.1 Å². The van der Waals surface area contributed by atoms with Crippen LogP contribution < -0.4 is 11.2 Å². The zero-order valence-corrected chi connectivity index (χ0v) is 18.9. The first kappa shape index (κ1) is 22.7. The number of halogens is 3. The van der Waals surface area contributed by atoms with Crippen LogP contribution in [0.3, 0.4) is 0 Å². The number of carboxylic acid groups (broad SMARTS) is 1. The van der Waals surface area contributed by atoms with Crippen LogP contribution in [0.1, 0.15) is 33.1 Å². The summed E-state index contributed by atoms with van der Waals surface area (Å²) >= 11 is 1.14. The Labute approximate surface area is 196 Å². The van der Waals surface area contributed by atoms with E-state index in [9.17, 15) is 32.7 Å². The van der Waals surface area contributed by atoms with Crippen molar-refractivity contribution in [2.24, 2.45) is 0 Å². The van der Waals surface area contributed by atoms with Crippen LogP contribution in [-0.4, -0.2) is 30.4 Å². The van der Waals surface area contributed by atoms with Crippen LogP contribution in [0.25, 0.3) is 27.5 Å². The highest BCUT2D eigenvalue weighted by Gasteiger charge is 2.33. The molecule has 5 aromatic rings. The summed E-state index contributed by atoms with van der Waals surface area (Å²) in [6, 6.07) is 2.68. The van der Waals surface area contributed by atoms with Gasteiger partial charge in [-0.2, -0.15) is 13.2 Å². The van der Waals surface area contributed by atoms with Gasteiger partial charge in [-0.3, -0.25) is 4.79 Å². The fourth-order valence-electron chi connectivity index (χ4n) is 4.15. The van der Waals surface area contributed by atoms with E-state index in [1.54, 1.807) is 13.8 Å². The van der Waals surface area contributed by atoms with Gasteiger partial charge in [-0.05, 0) is 32.0 Å². The van der Waals surface area contributed by atoms with E-state index in [0.29, 0.717) is 21.6 Å². The molecular formula is C22H15F3N4O5S. The maximum absolute atomic E-state index is 13.6. The summed E-state index contributed by atoms with van der Waals surface area (Å²) in [4.78, 5) is 41.2. The van der Waals surface area contributed by atoms with Crippen LogP contribution in [0.4, 0.5) is 13.2 Å². The average Bonchev–Trinajstić information content (AvgIpc) is 3.46. The van der Waals surface area contributed by atoms with Gasteiger partial charge in [0.2, 0.25) is 0 Å².